The van der Waals surface area contributed by atoms with Crippen LogP contribution in [-0.2, 0) is 6.54 Å². The molecule has 4 N–H and O–H groups in total. The largest absolute Gasteiger partial charge is 0.399 e. The van der Waals surface area contributed by atoms with Gasteiger partial charge in [-0.15, -0.1) is 0 Å². The lowest BCUT2D eigenvalue weighted by Crippen LogP contribution is -2.36. The molecule has 8 nitrogen and oxygen atoms in total. The van der Waals surface area contributed by atoms with Gasteiger partial charge in [0.25, 0.3) is 5.56 Å². The molecule has 6 aromatic rings. The minimum atomic E-state index is -0.142. The zero-order valence-electron chi connectivity index (χ0n) is 22.5. The van der Waals surface area contributed by atoms with Crippen LogP contribution in [0.3, 0.4) is 0 Å². The number of fused-ring (bicyclic) bond motifs is 2. The number of H-pyrrole nitrogens is 2. The van der Waals surface area contributed by atoms with E-state index in [9.17, 15) is 9.59 Å². The number of nitrogens with two attached hydrogens (primary N) is 1. The first kappa shape index (κ1) is 25.0. The summed E-state index contributed by atoms with van der Waals surface area (Å²) in [6.45, 7) is 2.66. The Labute approximate surface area is 236 Å². The summed E-state index contributed by atoms with van der Waals surface area (Å²) in [6.07, 6.45) is 3.45. The number of aromatic nitrogens is 4. The van der Waals surface area contributed by atoms with E-state index >= 15 is 0 Å². The highest BCUT2D eigenvalue weighted by atomic mass is 16.1. The quantitative estimate of drug-likeness (QED) is 0.255. The predicted octanol–water partition coefficient (Wildman–Crippen LogP) is 5.32. The predicted molar refractivity (Wildman–Crippen MR) is 164 cm³/mol. The second-order valence-electron chi connectivity index (χ2n) is 10.8. The number of piperidine rings is 1. The number of nitrogen functional groups attached to an aromatic ring is 1. The monoisotopic (exact) mass is 542 g/mol. The second-order valence-corrected chi connectivity index (χ2v) is 10.8. The smallest absolute Gasteiger partial charge is 0.326 e. The molecular formula is C33H30N6O2. The average Bonchev–Trinajstić information content (AvgIpc) is 3.33. The lowest BCUT2D eigenvalue weighted by atomic mass is 9.97. The van der Waals surface area contributed by atoms with E-state index in [-0.39, 0.29) is 17.3 Å². The zero-order valence-corrected chi connectivity index (χ0v) is 22.5. The van der Waals surface area contributed by atoms with Crippen molar-refractivity contribution in [3.05, 3.63) is 118 Å². The summed E-state index contributed by atoms with van der Waals surface area (Å²) in [4.78, 5) is 38.3. The van der Waals surface area contributed by atoms with Crippen molar-refractivity contribution >= 4 is 27.6 Å². The molecule has 0 atom stereocenters. The van der Waals surface area contributed by atoms with E-state index in [1.54, 1.807) is 6.20 Å². The Balaban J connectivity index is 1.11. The number of hydrogen-bond acceptors (Lipinski definition) is 5. The van der Waals surface area contributed by atoms with Gasteiger partial charge < -0.3 is 15.7 Å². The lowest BCUT2D eigenvalue weighted by Gasteiger charge is -2.32. The fraction of sp³-hybridized carbons (Fsp3) is 0.182. The topological polar surface area (TPSA) is 113 Å². The highest BCUT2D eigenvalue weighted by Gasteiger charge is 2.24. The number of pyridine rings is 2. The maximum Gasteiger partial charge on any atom is 0.326 e. The molecule has 1 saturated heterocycles. The molecule has 0 saturated carbocycles. The third-order valence-electron chi connectivity index (χ3n) is 8.13. The number of anilines is 1. The van der Waals surface area contributed by atoms with Gasteiger partial charge >= 0.3 is 5.69 Å². The average molecular weight is 543 g/mol. The zero-order chi connectivity index (χ0) is 27.9. The third-order valence-corrected chi connectivity index (χ3v) is 8.13. The first-order valence-corrected chi connectivity index (χ1v) is 13.9. The van der Waals surface area contributed by atoms with Crippen LogP contribution >= 0.6 is 0 Å². The van der Waals surface area contributed by atoms with Gasteiger partial charge in [0.2, 0.25) is 0 Å². The van der Waals surface area contributed by atoms with Gasteiger partial charge in [0, 0.05) is 48.7 Å². The minimum Gasteiger partial charge on any atom is -0.399 e. The number of hydrogen-bond donors (Lipinski definition) is 3. The molecule has 0 unspecified atom stereocenters. The molecule has 0 bridgehead atoms. The third kappa shape index (κ3) is 4.72. The van der Waals surface area contributed by atoms with Crippen LogP contribution in [0, 0.1) is 0 Å². The summed E-state index contributed by atoms with van der Waals surface area (Å²) in [5, 5.41) is 0.577. The highest BCUT2D eigenvalue weighted by molar-refractivity contribution is 5.91. The molecule has 7 rings (SSSR count). The Morgan fingerprint density at radius 3 is 2.44 bits per heavy atom. The molecule has 3 aromatic carbocycles. The van der Waals surface area contributed by atoms with Crippen molar-refractivity contribution in [1.29, 1.82) is 0 Å². The van der Waals surface area contributed by atoms with Gasteiger partial charge in [-0.1, -0.05) is 54.6 Å². The fourth-order valence-corrected chi connectivity index (χ4v) is 6.03. The summed E-state index contributed by atoms with van der Waals surface area (Å²) in [5.41, 5.74) is 13.9. The van der Waals surface area contributed by atoms with Crippen molar-refractivity contribution < 1.29 is 0 Å². The van der Waals surface area contributed by atoms with Crippen LogP contribution in [0.4, 0.5) is 5.69 Å². The molecule has 41 heavy (non-hydrogen) atoms. The van der Waals surface area contributed by atoms with Gasteiger partial charge in [-0.3, -0.25) is 14.3 Å². The standard InChI is InChI=1S/C33H30N6O2/c34-24-10-11-29-30(18-24)39(33(41)37-29)25-13-16-38(17-14-25)20-21-6-8-23(9-7-21)31-26(22-4-2-1-3-5-22)19-27-28(36-31)12-15-35-32(27)40/h1-12,15,18-19,25H,13-14,16-17,20,34H2,(H,35,40)(H,37,41). The number of aromatic amines is 2. The van der Waals surface area contributed by atoms with Crippen LogP contribution < -0.4 is 17.0 Å². The summed E-state index contributed by atoms with van der Waals surface area (Å²) < 4.78 is 1.88. The van der Waals surface area contributed by atoms with Crippen LogP contribution in [0.1, 0.15) is 24.4 Å². The molecule has 3 aromatic heterocycles. The SMILES string of the molecule is Nc1ccc2[nH]c(=O)n(C3CCN(Cc4ccc(-c5nc6cc[nH]c(=O)c6cc5-c5ccccc5)cc4)CC3)c2c1. The van der Waals surface area contributed by atoms with Crippen LogP contribution in [0.25, 0.3) is 44.3 Å². The van der Waals surface area contributed by atoms with Crippen molar-refractivity contribution in [2.75, 3.05) is 18.8 Å². The van der Waals surface area contributed by atoms with Gasteiger partial charge in [0.1, 0.15) is 0 Å². The Morgan fingerprint density at radius 2 is 1.66 bits per heavy atom. The van der Waals surface area contributed by atoms with Gasteiger partial charge in [0.05, 0.1) is 27.6 Å². The van der Waals surface area contributed by atoms with Crippen molar-refractivity contribution in [3.8, 4) is 22.4 Å². The van der Waals surface area contributed by atoms with E-state index in [1.165, 1.54) is 5.56 Å². The molecule has 0 amide bonds. The number of rotatable bonds is 5. The van der Waals surface area contributed by atoms with E-state index in [2.05, 4.69) is 39.1 Å². The molecule has 0 spiro atoms. The molecule has 204 valence electrons. The van der Waals surface area contributed by atoms with E-state index in [4.69, 9.17) is 10.7 Å². The molecule has 1 fully saturated rings. The van der Waals surface area contributed by atoms with Gasteiger partial charge in [-0.05, 0) is 54.3 Å². The molecule has 0 radical (unpaired) electrons. The minimum absolute atomic E-state index is 0.0681. The van der Waals surface area contributed by atoms with Crippen LogP contribution in [0.2, 0.25) is 0 Å². The number of likely N-dealkylation sites (tertiary alicyclic amines) is 1. The molecule has 1 aliphatic heterocycles. The van der Waals surface area contributed by atoms with Crippen LogP contribution in [-0.4, -0.2) is 37.5 Å². The lowest BCUT2D eigenvalue weighted by molar-refractivity contribution is 0.180. The van der Waals surface area contributed by atoms with E-state index < -0.39 is 0 Å². The number of nitrogens with zero attached hydrogens (tertiary/aromatic N) is 3. The van der Waals surface area contributed by atoms with Crippen molar-refractivity contribution in [1.82, 2.24) is 24.4 Å². The Hall–Kier alpha value is -4.95. The summed E-state index contributed by atoms with van der Waals surface area (Å²) in [6, 6.07) is 28.1. The van der Waals surface area contributed by atoms with Crippen LogP contribution in [0.5, 0.6) is 0 Å². The van der Waals surface area contributed by atoms with Gasteiger partial charge in [-0.2, -0.15) is 0 Å². The van der Waals surface area contributed by atoms with Crippen molar-refractivity contribution in [3.63, 3.8) is 0 Å². The van der Waals surface area contributed by atoms with Gasteiger partial charge in [-0.25, -0.2) is 9.78 Å². The summed E-state index contributed by atoms with van der Waals surface area (Å²) in [5.74, 6) is 0. The van der Waals surface area contributed by atoms with Gasteiger partial charge in [0.15, 0.2) is 0 Å². The maximum atomic E-state index is 12.7. The van der Waals surface area contributed by atoms with E-state index in [0.717, 1.165) is 65.9 Å². The Bertz CT molecular complexity index is 1980. The molecule has 1 aliphatic rings. The molecule has 8 heteroatoms. The van der Waals surface area contributed by atoms with Crippen LogP contribution in [0.15, 0.2) is 101 Å². The first-order chi connectivity index (χ1) is 20.0. The molecular weight excluding hydrogens is 512 g/mol. The number of benzene rings is 3. The summed E-state index contributed by atoms with van der Waals surface area (Å²) >= 11 is 0. The Kier molecular flexibility index (Phi) is 6.24. The van der Waals surface area contributed by atoms with E-state index in [1.807, 2.05) is 65.2 Å². The second kappa shape index (κ2) is 10.2. The normalized spacial score (nSPS) is 14.6. The fourth-order valence-electron chi connectivity index (χ4n) is 6.03. The first-order valence-electron chi connectivity index (χ1n) is 13.9. The van der Waals surface area contributed by atoms with Crippen molar-refractivity contribution in [2.24, 2.45) is 0 Å². The number of imidazole rings is 1. The number of nitrogens with one attached hydrogen (secondary N) is 2. The Morgan fingerprint density at radius 1 is 0.878 bits per heavy atom. The summed E-state index contributed by atoms with van der Waals surface area (Å²) in [7, 11) is 0. The molecule has 4 heterocycles. The maximum absolute atomic E-state index is 12.7. The van der Waals surface area contributed by atoms with Crippen molar-refractivity contribution in [2.45, 2.75) is 25.4 Å². The molecule has 0 aliphatic carbocycles. The highest BCUT2D eigenvalue weighted by Crippen LogP contribution is 2.33. The van der Waals surface area contributed by atoms with E-state index in [0.29, 0.717) is 16.6 Å².